The highest BCUT2D eigenvalue weighted by Gasteiger charge is 2.23. The lowest BCUT2D eigenvalue weighted by Crippen LogP contribution is -2.47. The molecule has 0 saturated carbocycles. The predicted octanol–water partition coefficient (Wildman–Crippen LogP) is 2.96. The van der Waals surface area contributed by atoms with Crippen LogP contribution >= 0.6 is 0 Å². The number of carbonyl (C=O) groups is 1. The van der Waals surface area contributed by atoms with Gasteiger partial charge in [0.1, 0.15) is 31.3 Å². The molecule has 1 N–H and O–H groups in total. The van der Waals surface area contributed by atoms with E-state index < -0.39 is 0 Å². The average molecular weight is 480 g/mol. The van der Waals surface area contributed by atoms with Crippen molar-refractivity contribution in [3.05, 3.63) is 47.5 Å². The van der Waals surface area contributed by atoms with Crippen LogP contribution in [-0.2, 0) is 4.79 Å². The van der Waals surface area contributed by atoms with Crippen LogP contribution in [0.25, 0.3) is 6.08 Å². The number of nitrogens with zero attached hydrogens (tertiary/aromatic N) is 2. The van der Waals surface area contributed by atoms with Crippen LogP contribution in [0.4, 0.5) is 5.69 Å². The first-order valence-corrected chi connectivity index (χ1v) is 12.4. The number of carbonyl (C=O) groups excluding carboxylic acids is 1. The van der Waals surface area contributed by atoms with E-state index in [2.05, 4.69) is 21.2 Å². The van der Waals surface area contributed by atoms with Crippen LogP contribution in [0.15, 0.2) is 42.0 Å². The topological polar surface area (TPSA) is 72.5 Å². The van der Waals surface area contributed by atoms with Crippen LogP contribution < -0.4 is 29.2 Å². The van der Waals surface area contributed by atoms with Crippen molar-refractivity contribution in [1.82, 2.24) is 10.2 Å². The van der Waals surface area contributed by atoms with Crippen LogP contribution in [-0.4, -0.2) is 77.0 Å². The Balaban J connectivity index is 1.02. The van der Waals surface area contributed by atoms with Gasteiger partial charge in [-0.15, -0.1) is 0 Å². The van der Waals surface area contributed by atoms with E-state index in [0.29, 0.717) is 25.3 Å². The number of benzene rings is 2. The molecule has 186 valence electrons. The summed E-state index contributed by atoms with van der Waals surface area (Å²) in [4.78, 5) is 17.5. The third-order valence-electron chi connectivity index (χ3n) is 6.67. The summed E-state index contributed by atoms with van der Waals surface area (Å²) in [6.45, 7) is 7.18. The lowest BCUT2D eigenvalue weighted by Gasteiger charge is -2.37. The number of hydrogen-bond donors (Lipinski definition) is 1. The van der Waals surface area contributed by atoms with Crippen molar-refractivity contribution in [3.8, 4) is 23.0 Å². The summed E-state index contributed by atoms with van der Waals surface area (Å²) in [6, 6.07) is 11.7. The number of unbranched alkanes of at least 4 members (excludes halogenated alkanes) is 1. The van der Waals surface area contributed by atoms with Gasteiger partial charge in [0.15, 0.2) is 11.5 Å². The van der Waals surface area contributed by atoms with E-state index in [4.69, 9.17) is 18.9 Å². The standard InChI is InChI=1S/C27H33N3O5/c1-32-22-7-8-24-20(18-22)17-21(19-35-24)27(31)28-9-2-3-10-29-11-13-30(14-12-29)23-5-4-6-25-26(23)34-16-15-33-25/h4-8,17-18H,2-3,9-16,19H2,1H3,(H,28,31). The van der Waals surface area contributed by atoms with E-state index >= 15 is 0 Å². The fraction of sp³-hybridized carbons (Fsp3) is 0.444. The van der Waals surface area contributed by atoms with E-state index in [1.54, 1.807) is 7.11 Å². The second-order valence-electron chi connectivity index (χ2n) is 8.96. The summed E-state index contributed by atoms with van der Waals surface area (Å²) in [7, 11) is 1.63. The van der Waals surface area contributed by atoms with Crippen molar-refractivity contribution in [3.63, 3.8) is 0 Å². The Labute approximate surface area is 206 Å². The molecule has 0 bridgehead atoms. The number of nitrogens with one attached hydrogen (secondary N) is 1. The van der Waals surface area contributed by atoms with Gasteiger partial charge in [-0.2, -0.15) is 0 Å². The van der Waals surface area contributed by atoms with Crippen LogP contribution in [0.1, 0.15) is 18.4 Å². The van der Waals surface area contributed by atoms with Gasteiger partial charge in [0.2, 0.25) is 0 Å². The Kier molecular flexibility index (Phi) is 7.28. The SMILES string of the molecule is COc1ccc2c(c1)C=C(C(=O)NCCCCN1CCN(c3cccc4c3OCCO4)CC1)CO2. The second kappa shape index (κ2) is 10.9. The first kappa shape index (κ1) is 23.4. The summed E-state index contributed by atoms with van der Waals surface area (Å²) in [6.07, 6.45) is 3.88. The zero-order chi connectivity index (χ0) is 24.0. The molecular formula is C27H33N3O5. The molecule has 0 aliphatic carbocycles. The fourth-order valence-corrected chi connectivity index (χ4v) is 4.71. The molecule has 3 aliphatic rings. The minimum Gasteiger partial charge on any atom is -0.497 e. The van der Waals surface area contributed by atoms with Gasteiger partial charge in [0, 0.05) is 38.3 Å². The molecule has 0 atom stereocenters. The predicted molar refractivity (Wildman–Crippen MR) is 135 cm³/mol. The molecule has 8 heteroatoms. The maximum atomic E-state index is 12.6. The zero-order valence-corrected chi connectivity index (χ0v) is 20.3. The number of methoxy groups -OCH3 is 1. The molecule has 1 fully saturated rings. The summed E-state index contributed by atoms with van der Waals surface area (Å²) in [5.74, 6) is 3.18. The van der Waals surface area contributed by atoms with E-state index in [9.17, 15) is 4.79 Å². The largest absolute Gasteiger partial charge is 0.497 e. The van der Waals surface area contributed by atoms with Crippen LogP contribution in [0.5, 0.6) is 23.0 Å². The van der Waals surface area contributed by atoms with Crippen LogP contribution in [0.2, 0.25) is 0 Å². The van der Waals surface area contributed by atoms with Crippen molar-refractivity contribution >= 4 is 17.7 Å². The number of ether oxygens (including phenoxy) is 4. The molecule has 0 radical (unpaired) electrons. The Morgan fingerprint density at radius 1 is 1.00 bits per heavy atom. The average Bonchev–Trinajstić information content (AvgIpc) is 2.92. The van der Waals surface area contributed by atoms with E-state index in [0.717, 1.165) is 79.8 Å². The zero-order valence-electron chi connectivity index (χ0n) is 20.3. The second-order valence-corrected chi connectivity index (χ2v) is 8.96. The summed E-state index contributed by atoms with van der Waals surface area (Å²) in [5.41, 5.74) is 2.64. The maximum Gasteiger partial charge on any atom is 0.250 e. The number of rotatable bonds is 8. The van der Waals surface area contributed by atoms with Gasteiger partial charge < -0.3 is 29.2 Å². The normalized spacial score (nSPS) is 17.2. The third kappa shape index (κ3) is 5.48. The molecule has 0 aromatic heterocycles. The van der Waals surface area contributed by atoms with Gasteiger partial charge in [-0.25, -0.2) is 0 Å². The van der Waals surface area contributed by atoms with E-state index in [-0.39, 0.29) is 12.5 Å². The minimum absolute atomic E-state index is 0.0653. The molecule has 8 nitrogen and oxygen atoms in total. The summed E-state index contributed by atoms with van der Waals surface area (Å²) >= 11 is 0. The molecule has 3 heterocycles. The number of hydrogen-bond acceptors (Lipinski definition) is 7. The van der Waals surface area contributed by atoms with Crippen molar-refractivity contribution < 1.29 is 23.7 Å². The van der Waals surface area contributed by atoms with Crippen molar-refractivity contribution in [1.29, 1.82) is 0 Å². The highest BCUT2D eigenvalue weighted by molar-refractivity contribution is 5.99. The van der Waals surface area contributed by atoms with Gasteiger partial charge in [-0.3, -0.25) is 9.69 Å². The lowest BCUT2D eigenvalue weighted by molar-refractivity contribution is -0.117. The van der Waals surface area contributed by atoms with Crippen molar-refractivity contribution in [2.75, 3.05) is 71.1 Å². The molecular weight excluding hydrogens is 446 g/mol. The Morgan fingerprint density at radius 3 is 2.71 bits per heavy atom. The fourth-order valence-electron chi connectivity index (χ4n) is 4.71. The Morgan fingerprint density at radius 2 is 1.86 bits per heavy atom. The monoisotopic (exact) mass is 479 g/mol. The molecule has 5 rings (SSSR count). The van der Waals surface area contributed by atoms with Gasteiger partial charge in [0.25, 0.3) is 5.91 Å². The highest BCUT2D eigenvalue weighted by Crippen LogP contribution is 2.39. The molecule has 0 spiro atoms. The van der Waals surface area contributed by atoms with Crippen molar-refractivity contribution in [2.45, 2.75) is 12.8 Å². The van der Waals surface area contributed by atoms with Gasteiger partial charge >= 0.3 is 0 Å². The maximum absolute atomic E-state index is 12.6. The van der Waals surface area contributed by atoms with E-state index in [1.165, 1.54) is 0 Å². The van der Waals surface area contributed by atoms with Crippen LogP contribution in [0.3, 0.4) is 0 Å². The van der Waals surface area contributed by atoms with Crippen LogP contribution in [0, 0.1) is 0 Å². The molecule has 3 aliphatic heterocycles. The molecule has 1 amide bonds. The first-order chi connectivity index (χ1) is 17.2. The van der Waals surface area contributed by atoms with E-state index in [1.807, 2.05) is 36.4 Å². The molecule has 2 aromatic rings. The number of anilines is 1. The van der Waals surface area contributed by atoms with Gasteiger partial charge in [0.05, 0.1) is 18.4 Å². The molecule has 0 unspecified atom stereocenters. The number of para-hydroxylation sites is 1. The Hall–Kier alpha value is -3.39. The molecule has 1 saturated heterocycles. The minimum atomic E-state index is -0.0653. The van der Waals surface area contributed by atoms with Gasteiger partial charge in [-0.1, -0.05) is 6.07 Å². The number of amides is 1. The Bertz CT molecular complexity index is 1080. The highest BCUT2D eigenvalue weighted by atomic mass is 16.6. The smallest absolute Gasteiger partial charge is 0.250 e. The quantitative estimate of drug-likeness (QED) is 0.584. The number of fused-ring (bicyclic) bond motifs is 2. The summed E-state index contributed by atoms with van der Waals surface area (Å²) in [5, 5.41) is 3.04. The lowest BCUT2D eigenvalue weighted by atomic mass is 10.1. The molecule has 35 heavy (non-hydrogen) atoms. The first-order valence-electron chi connectivity index (χ1n) is 12.4. The summed E-state index contributed by atoms with van der Waals surface area (Å²) < 4.78 is 22.6. The van der Waals surface area contributed by atoms with Crippen molar-refractivity contribution in [2.24, 2.45) is 0 Å². The number of piperazine rings is 1. The third-order valence-corrected chi connectivity index (χ3v) is 6.67. The molecule has 2 aromatic carbocycles. The van der Waals surface area contributed by atoms with Gasteiger partial charge in [-0.05, 0) is 55.8 Å².